The van der Waals surface area contributed by atoms with E-state index < -0.39 is 37.1 Å². The van der Waals surface area contributed by atoms with E-state index in [2.05, 4.69) is 56.2 Å². The maximum absolute atomic E-state index is 15.3. The van der Waals surface area contributed by atoms with E-state index in [1.165, 1.54) is 29.0 Å². The Hall–Kier alpha value is -5.92. The molecule has 2 fully saturated rings. The van der Waals surface area contributed by atoms with E-state index in [0.29, 0.717) is 53.3 Å². The van der Waals surface area contributed by atoms with Gasteiger partial charge in [-0.25, -0.2) is 27.2 Å². The van der Waals surface area contributed by atoms with Crippen molar-refractivity contribution in [3.8, 4) is 5.69 Å². The number of rotatable bonds is 13. The molecule has 1 aliphatic carbocycles. The number of amides is 1. The molecule has 1 amide bonds. The van der Waals surface area contributed by atoms with Crippen LogP contribution in [0.2, 0.25) is 5.02 Å². The van der Waals surface area contributed by atoms with Crippen molar-refractivity contribution >= 4 is 72.2 Å². The van der Waals surface area contributed by atoms with Crippen LogP contribution in [0.25, 0.3) is 33.3 Å². The van der Waals surface area contributed by atoms with Crippen molar-refractivity contribution in [2.24, 2.45) is 5.41 Å². The monoisotopic (exact) mass is 938 g/mol. The first-order valence-electron chi connectivity index (χ1n) is 22.1. The molecule has 0 bridgehead atoms. The molecule has 19 heteroatoms. The summed E-state index contributed by atoms with van der Waals surface area (Å²) in [5.74, 6) is -0.985. The van der Waals surface area contributed by atoms with Crippen LogP contribution < -0.4 is 20.3 Å². The molecule has 4 N–H and O–H groups in total. The lowest BCUT2D eigenvalue weighted by Gasteiger charge is -2.39. The average Bonchev–Trinajstić information content (AvgIpc) is 3.91. The molecule has 0 radical (unpaired) electrons. The number of hydrogen-bond acceptors (Lipinski definition) is 12. The predicted octanol–water partition coefficient (Wildman–Crippen LogP) is 7.29. The number of carbonyl (C=O) groups excluding carboxylic acids is 1. The number of aliphatic hydroxyl groups excluding tert-OH is 1. The maximum Gasteiger partial charge on any atom is 0.293 e. The molecule has 0 saturated carbocycles. The van der Waals surface area contributed by atoms with E-state index >= 15 is 4.39 Å². The number of fused-ring (bicyclic) bond motifs is 2. The summed E-state index contributed by atoms with van der Waals surface area (Å²) in [5.41, 5.74) is 4.67. The first kappa shape index (κ1) is 45.2. The van der Waals surface area contributed by atoms with Gasteiger partial charge < -0.3 is 25.2 Å². The highest BCUT2D eigenvalue weighted by atomic mass is 35.5. The lowest BCUT2D eigenvalue weighted by atomic mass is 9.72. The highest BCUT2D eigenvalue weighted by molar-refractivity contribution is 7.90. The van der Waals surface area contributed by atoms with Gasteiger partial charge in [0, 0.05) is 67.6 Å². The standard InChI is InChI=1S/C47H52ClFN10O6S/c1-46(2)13-11-33(38(26-46)31-3-5-34(48)6-4-31)28-55-19-21-56(22-20-55)35-7-9-37(41(24-35)58-42-23-32-12-18-57(30-60)44(32)53-40(42)27-52-58)45(61)54-66(64,65)36-8-10-39(43(25-36)59(62)63)51-29-47(49)14-16-50-17-15-47/h3-10,12,18,23-25,27,50-51,60H,11,13-17,19-22,26,28-30H2,1-2H3,(H,54,61). The Morgan fingerprint density at radius 1 is 1.00 bits per heavy atom. The van der Waals surface area contributed by atoms with E-state index in [0.717, 1.165) is 56.7 Å². The Morgan fingerprint density at radius 2 is 1.76 bits per heavy atom. The van der Waals surface area contributed by atoms with Crippen molar-refractivity contribution < 1.29 is 27.6 Å². The number of aromatic nitrogens is 4. The fourth-order valence-corrected chi connectivity index (χ4v) is 10.5. The molecule has 6 aromatic rings. The van der Waals surface area contributed by atoms with Crippen LogP contribution in [0.3, 0.4) is 0 Å². The van der Waals surface area contributed by atoms with Crippen molar-refractivity contribution in [2.45, 2.75) is 63.2 Å². The molecule has 0 spiro atoms. The summed E-state index contributed by atoms with van der Waals surface area (Å²) in [6.45, 7) is 8.95. The molecular formula is C47H52ClFN10O6S. The van der Waals surface area contributed by atoms with Crippen molar-refractivity contribution in [3.63, 3.8) is 0 Å². The molecule has 9 rings (SSSR count). The number of nitrogens with one attached hydrogen (secondary N) is 3. The molecule has 66 heavy (non-hydrogen) atoms. The fourth-order valence-electron chi connectivity index (χ4n) is 9.36. The number of aliphatic hydroxyl groups is 1. The van der Waals surface area contributed by atoms with Crippen LogP contribution in [-0.4, -0.2) is 107 Å². The second kappa shape index (κ2) is 18.0. The predicted molar refractivity (Wildman–Crippen MR) is 253 cm³/mol. The molecular weight excluding hydrogens is 887 g/mol. The van der Waals surface area contributed by atoms with Gasteiger partial charge in [0.2, 0.25) is 0 Å². The molecule has 2 aliphatic heterocycles. The zero-order valence-corrected chi connectivity index (χ0v) is 38.3. The number of anilines is 2. The zero-order valence-electron chi connectivity index (χ0n) is 36.8. The van der Waals surface area contributed by atoms with Crippen LogP contribution in [0.15, 0.2) is 95.7 Å². The normalized spacial score (nSPS) is 17.9. The first-order chi connectivity index (χ1) is 31.6. The van der Waals surface area contributed by atoms with E-state index in [9.17, 15) is 28.4 Å². The molecule has 346 valence electrons. The zero-order chi connectivity index (χ0) is 46.4. The van der Waals surface area contributed by atoms with Crippen molar-refractivity contribution in [3.05, 3.63) is 117 Å². The van der Waals surface area contributed by atoms with Crippen LogP contribution in [-0.2, 0) is 16.8 Å². The minimum atomic E-state index is -4.67. The van der Waals surface area contributed by atoms with Crippen LogP contribution in [0, 0.1) is 15.5 Å². The summed E-state index contributed by atoms with van der Waals surface area (Å²) < 4.78 is 48.3. The quantitative estimate of drug-likeness (QED) is 0.0669. The first-order valence-corrected chi connectivity index (χ1v) is 24.0. The van der Waals surface area contributed by atoms with Gasteiger partial charge in [0.1, 0.15) is 29.3 Å². The number of alkyl halides is 1. The number of pyridine rings is 1. The van der Waals surface area contributed by atoms with Gasteiger partial charge in [-0.2, -0.15) is 5.10 Å². The highest BCUT2D eigenvalue weighted by Crippen LogP contribution is 2.43. The number of sulfonamides is 1. The van der Waals surface area contributed by atoms with E-state index in [1.54, 1.807) is 33.6 Å². The minimum Gasteiger partial charge on any atom is -0.376 e. The van der Waals surface area contributed by atoms with Gasteiger partial charge in [-0.15, -0.1) is 0 Å². The van der Waals surface area contributed by atoms with Gasteiger partial charge >= 0.3 is 0 Å². The molecule has 16 nitrogen and oxygen atoms in total. The number of nitro benzene ring substituents is 1. The second-order valence-electron chi connectivity index (χ2n) is 18.3. The Morgan fingerprint density at radius 3 is 2.48 bits per heavy atom. The lowest BCUT2D eigenvalue weighted by molar-refractivity contribution is -0.384. The molecule has 0 atom stereocenters. The van der Waals surface area contributed by atoms with Crippen molar-refractivity contribution in [1.82, 2.24) is 34.3 Å². The molecule has 2 saturated heterocycles. The Bertz CT molecular complexity index is 2980. The van der Waals surface area contributed by atoms with Crippen LogP contribution in [0.4, 0.5) is 21.5 Å². The van der Waals surface area contributed by atoms with E-state index in [-0.39, 0.29) is 48.5 Å². The van der Waals surface area contributed by atoms with Crippen LogP contribution >= 0.6 is 11.6 Å². The van der Waals surface area contributed by atoms with Crippen LogP contribution in [0.5, 0.6) is 0 Å². The number of piperidine rings is 1. The molecule has 0 unspecified atom stereocenters. The lowest BCUT2D eigenvalue weighted by Crippen LogP contribution is -2.47. The third-order valence-corrected chi connectivity index (χ3v) is 14.8. The van der Waals surface area contributed by atoms with E-state index in [4.69, 9.17) is 16.6 Å². The summed E-state index contributed by atoms with van der Waals surface area (Å²) in [6, 6.07) is 20.1. The summed E-state index contributed by atoms with van der Waals surface area (Å²) in [4.78, 5) is 34.6. The van der Waals surface area contributed by atoms with Crippen molar-refractivity contribution in [2.75, 3.05) is 62.6 Å². The second-order valence-corrected chi connectivity index (χ2v) is 20.4. The Labute approximate surface area is 386 Å². The Kier molecular flexibility index (Phi) is 12.4. The molecule has 3 aromatic heterocycles. The number of hydrogen-bond donors (Lipinski definition) is 4. The number of benzene rings is 3. The fraction of sp³-hybridized carbons (Fsp3) is 0.383. The average molecular weight is 940 g/mol. The van der Waals surface area contributed by atoms with Gasteiger partial charge in [0.25, 0.3) is 21.6 Å². The summed E-state index contributed by atoms with van der Waals surface area (Å²) in [6.07, 6.45) is 6.83. The number of piperazine rings is 1. The molecule has 5 heterocycles. The minimum absolute atomic E-state index is 0.0242. The van der Waals surface area contributed by atoms with Gasteiger partial charge in [-0.1, -0.05) is 43.2 Å². The van der Waals surface area contributed by atoms with Gasteiger partial charge in [0.15, 0.2) is 0 Å². The van der Waals surface area contributed by atoms with Crippen LogP contribution in [0.1, 0.15) is 61.9 Å². The topological polar surface area (TPSA) is 193 Å². The summed E-state index contributed by atoms with van der Waals surface area (Å²) >= 11 is 6.25. The SMILES string of the molecule is CC1(C)CCC(CN2CCN(c3ccc(C(=O)NS(=O)(=O)c4ccc(NCC5(F)CCNCC5)c([N+](=O)[O-])c4)c(-n4ncc5nc6c(ccn6CO)cc54)c3)CC2)=C(c2ccc(Cl)cc2)C1. The smallest absolute Gasteiger partial charge is 0.293 e. The van der Waals surface area contributed by atoms with E-state index in [1.807, 2.05) is 24.3 Å². The summed E-state index contributed by atoms with van der Waals surface area (Å²) in [5, 5.41) is 34.0. The number of nitrogens with zero attached hydrogens (tertiary/aromatic N) is 7. The Balaban J connectivity index is 0.992. The number of nitro groups is 1. The van der Waals surface area contributed by atoms with Gasteiger partial charge in [0.05, 0.1) is 32.8 Å². The van der Waals surface area contributed by atoms with Crippen molar-refractivity contribution in [1.29, 1.82) is 0 Å². The number of halogens is 2. The molecule has 3 aliphatic rings. The third-order valence-electron chi connectivity index (χ3n) is 13.2. The number of carbonyl (C=O) groups is 1. The molecule has 3 aromatic carbocycles. The third kappa shape index (κ3) is 9.37. The highest BCUT2D eigenvalue weighted by Gasteiger charge is 2.34. The maximum atomic E-state index is 15.3. The van der Waals surface area contributed by atoms with Gasteiger partial charge in [-0.3, -0.25) is 19.8 Å². The largest absolute Gasteiger partial charge is 0.376 e. The van der Waals surface area contributed by atoms with Gasteiger partial charge in [-0.05, 0) is 116 Å². The summed E-state index contributed by atoms with van der Waals surface area (Å²) in [7, 11) is -4.67. The number of allylic oxidation sites excluding steroid dienone is 1.